The molecule has 5 heteroatoms. The molecule has 0 aliphatic carbocycles. The Morgan fingerprint density at radius 3 is 2.89 bits per heavy atom. The summed E-state index contributed by atoms with van der Waals surface area (Å²) in [6, 6.07) is 7.30. The summed E-state index contributed by atoms with van der Waals surface area (Å²) in [5.41, 5.74) is 1.39. The Labute approximate surface area is 105 Å². The zero-order valence-corrected chi connectivity index (χ0v) is 10.3. The van der Waals surface area contributed by atoms with Gasteiger partial charge < -0.3 is 9.47 Å². The molecule has 2 rings (SSSR count). The van der Waals surface area contributed by atoms with Gasteiger partial charge in [-0.3, -0.25) is 4.68 Å². The van der Waals surface area contributed by atoms with E-state index in [-0.39, 0.29) is 0 Å². The highest BCUT2D eigenvalue weighted by Crippen LogP contribution is 2.31. The van der Waals surface area contributed by atoms with Crippen LogP contribution in [0, 0.1) is 11.3 Å². The number of rotatable bonds is 4. The van der Waals surface area contributed by atoms with Crippen LogP contribution < -0.4 is 9.47 Å². The van der Waals surface area contributed by atoms with E-state index in [2.05, 4.69) is 11.2 Å². The zero-order chi connectivity index (χ0) is 13.0. The SMILES string of the molecule is COc1cccc(C#N)c1OCc1cnn(C)c1. The quantitative estimate of drug-likeness (QED) is 0.822. The maximum atomic E-state index is 9.04. The molecule has 0 unspecified atom stereocenters. The molecule has 1 aromatic heterocycles. The van der Waals surface area contributed by atoms with E-state index in [4.69, 9.17) is 14.7 Å². The lowest BCUT2D eigenvalue weighted by Gasteiger charge is -2.10. The van der Waals surface area contributed by atoms with Gasteiger partial charge in [-0.2, -0.15) is 10.4 Å². The van der Waals surface area contributed by atoms with Crippen molar-refractivity contribution >= 4 is 0 Å². The van der Waals surface area contributed by atoms with Crippen LogP contribution in [-0.2, 0) is 13.7 Å². The molecule has 18 heavy (non-hydrogen) atoms. The lowest BCUT2D eigenvalue weighted by molar-refractivity contribution is 0.283. The van der Waals surface area contributed by atoms with Crippen LogP contribution in [0.5, 0.6) is 11.5 Å². The Morgan fingerprint density at radius 2 is 2.28 bits per heavy atom. The second kappa shape index (κ2) is 5.23. The molecular weight excluding hydrogens is 230 g/mol. The minimum atomic E-state index is 0.350. The molecule has 0 atom stereocenters. The molecule has 0 saturated carbocycles. The molecule has 0 saturated heterocycles. The first-order valence-corrected chi connectivity index (χ1v) is 5.42. The fourth-order valence-electron chi connectivity index (χ4n) is 1.62. The number of aromatic nitrogens is 2. The van der Waals surface area contributed by atoms with E-state index in [0.29, 0.717) is 23.7 Å². The van der Waals surface area contributed by atoms with Crippen LogP contribution in [0.25, 0.3) is 0 Å². The molecule has 0 radical (unpaired) electrons. The minimum Gasteiger partial charge on any atom is -0.493 e. The van der Waals surface area contributed by atoms with Gasteiger partial charge in [0.25, 0.3) is 0 Å². The Hall–Kier alpha value is -2.48. The highest BCUT2D eigenvalue weighted by molar-refractivity contribution is 5.52. The topological polar surface area (TPSA) is 60.1 Å². The summed E-state index contributed by atoms with van der Waals surface area (Å²) in [6.07, 6.45) is 3.59. The third-order valence-electron chi connectivity index (χ3n) is 2.46. The predicted molar refractivity (Wildman–Crippen MR) is 65.2 cm³/mol. The van der Waals surface area contributed by atoms with Gasteiger partial charge in [0.2, 0.25) is 0 Å². The van der Waals surface area contributed by atoms with Crippen LogP contribution in [0.2, 0.25) is 0 Å². The van der Waals surface area contributed by atoms with Gasteiger partial charge in [-0.05, 0) is 12.1 Å². The summed E-state index contributed by atoms with van der Waals surface area (Å²) in [7, 11) is 3.39. The second-order valence-corrected chi connectivity index (χ2v) is 3.76. The summed E-state index contributed by atoms with van der Waals surface area (Å²) in [4.78, 5) is 0. The number of nitrogens with zero attached hydrogens (tertiary/aromatic N) is 3. The van der Waals surface area contributed by atoms with E-state index in [0.717, 1.165) is 5.56 Å². The van der Waals surface area contributed by atoms with Gasteiger partial charge in [-0.25, -0.2) is 0 Å². The van der Waals surface area contributed by atoms with E-state index in [1.54, 1.807) is 36.2 Å². The summed E-state index contributed by atoms with van der Waals surface area (Å²) >= 11 is 0. The number of methoxy groups -OCH3 is 1. The molecule has 0 aliphatic heterocycles. The Balaban J connectivity index is 2.20. The number of hydrogen-bond donors (Lipinski definition) is 0. The molecule has 5 nitrogen and oxygen atoms in total. The van der Waals surface area contributed by atoms with E-state index in [1.807, 2.05) is 13.2 Å². The van der Waals surface area contributed by atoms with Crippen molar-refractivity contribution < 1.29 is 9.47 Å². The lowest BCUT2D eigenvalue weighted by Crippen LogP contribution is -1.99. The van der Waals surface area contributed by atoms with Gasteiger partial charge >= 0.3 is 0 Å². The molecule has 1 aromatic carbocycles. The highest BCUT2D eigenvalue weighted by Gasteiger charge is 2.10. The van der Waals surface area contributed by atoms with Crippen LogP contribution in [0.4, 0.5) is 0 Å². The van der Waals surface area contributed by atoms with Gasteiger partial charge in [0, 0.05) is 18.8 Å². The van der Waals surface area contributed by atoms with Crippen molar-refractivity contribution in [2.24, 2.45) is 7.05 Å². The smallest absolute Gasteiger partial charge is 0.179 e. The minimum absolute atomic E-state index is 0.350. The van der Waals surface area contributed by atoms with E-state index < -0.39 is 0 Å². The Morgan fingerprint density at radius 1 is 1.44 bits per heavy atom. The van der Waals surface area contributed by atoms with Crippen molar-refractivity contribution in [1.29, 1.82) is 5.26 Å². The first-order valence-electron chi connectivity index (χ1n) is 5.42. The molecule has 0 bridgehead atoms. The van der Waals surface area contributed by atoms with Crippen LogP contribution in [0.1, 0.15) is 11.1 Å². The average Bonchev–Trinajstić information content (AvgIpc) is 2.81. The van der Waals surface area contributed by atoms with Crippen molar-refractivity contribution in [2.45, 2.75) is 6.61 Å². The molecule has 0 fully saturated rings. The van der Waals surface area contributed by atoms with Crippen molar-refractivity contribution in [2.75, 3.05) is 7.11 Å². The Kier molecular flexibility index (Phi) is 3.49. The predicted octanol–water partition coefficient (Wildman–Crippen LogP) is 1.88. The van der Waals surface area contributed by atoms with Gasteiger partial charge in [0.15, 0.2) is 11.5 Å². The molecule has 2 aromatic rings. The summed E-state index contributed by atoms with van der Waals surface area (Å²) in [5.74, 6) is 1.02. The maximum Gasteiger partial charge on any atom is 0.179 e. The van der Waals surface area contributed by atoms with E-state index >= 15 is 0 Å². The third-order valence-corrected chi connectivity index (χ3v) is 2.46. The molecular formula is C13H13N3O2. The molecule has 0 aliphatic rings. The largest absolute Gasteiger partial charge is 0.493 e. The van der Waals surface area contributed by atoms with Gasteiger partial charge in [-0.1, -0.05) is 6.07 Å². The number of benzene rings is 1. The van der Waals surface area contributed by atoms with Crippen molar-refractivity contribution in [3.05, 3.63) is 41.7 Å². The fourth-order valence-corrected chi connectivity index (χ4v) is 1.62. The van der Waals surface area contributed by atoms with E-state index in [9.17, 15) is 0 Å². The fraction of sp³-hybridized carbons (Fsp3) is 0.231. The molecule has 0 spiro atoms. The van der Waals surface area contributed by atoms with Crippen LogP contribution >= 0.6 is 0 Å². The standard InChI is InChI=1S/C13H13N3O2/c1-16-8-10(7-15-16)9-18-13-11(6-14)4-3-5-12(13)17-2/h3-5,7-8H,9H2,1-2H3. The Bertz CT molecular complexity index is 584. The molecule has 0 amide bonds. The first-order chi connectivity index (χ1) is 8.74. The van der Waals surface area contributed by atoms with Crippen LogP contribution in [0.15, 0.2) is 30.6 Å². The number of para-hydroxylation sites is 1. The van der Waals surface area contributed by atoms with Crippen molar-refractivity contribution in [1.82, 2.24) is 9.78 Å². The van der Waals surface area contributed by atoms with Gasteiger partial charge in [0.05, 0.1) is 18.9 Å². The number of nitriles is 1. The number of ether oxygens (including phenoxy) is 2. The summed E-state index contributed by atoms with van der Waals surface area (Å²) in [5, 5.41) is 13.1. The van der Waals surface area contributed by atoms with Gasteiger partial charge in [-0.15, -0.1) is 0 Å². The second-order valence-electron chi connectivity index (χ2n) is 3.76. The van der Waals surface area contributed by atoms with Crippen LogP contribution in [-0.4, -0.2) is 16.9 Å². The summed E-state index contributed by atoms with van der Waals surface area (Å²) < 4.78 is 12.5. The lowest BCUT2D eigenvalue weighted by atomic mass is 10.2. The average molecular weight is 243 g/mol. The van der Waals surface area contributed by atoms with Crippen LogP contribution in [0.3, 0.4) is 0 Å². The highest BCUT2D eigenvalue weighted by atomic mass is 16.5. The summed E-state index contributed by atoms with van der Waals surface area (Å²) in [6.45, 7) is 0.350. The maximum absolute atomic E-state index is 9.04. The molecule has 1 heterocycles. The van der Waals surface area contributed by atoms with Crippen molar-refractivity contribution in [3.63, 3.8) is 0 Å². The van der Waals surface area contributed by atoms with E-state index in [1.165, 1.54) is 0 Å². The number of aryl methyl sites for hydroxylation is 1. The first kappa shape index (κ1) is 12.0. The van der Waals surface area contributed by atoms with Gasteiger partial charge in [0.1, 0.15) is 12.7 Å². The monoisotopic (exact) mass is 243 g/mol. The van der Waals surface area contributed by atoms with Crippen molar-refractivity contribution in [3.8, 4) is 17.6 Å². The number of hydrogen-bond acceptors (Lipinski definition) is 4. The molecule has 92 valence electrons. The zero-order valence-electron chi connectivity index (χ0n) is 10.3. The third kappa shape index (κ3) is 2.43. The normalized spacial score (nSPS) is 9.83. The molecule has 0 N–H and O–H groups in total.